The molecule has 3 heteroatoms. The van der Waals surface area contributed by atoms with Crippen LogP contribution in [0.1, 0.15) is 18.9 Å². The van der Waals surface area contributed by atoms with Gasteiger partial charge in [0.05, 0.1) is 13.7 Å². The third-order valence-corrected chi connectivity index (χ3v) is 3.21. The molecular formula is C18H23NO2. The molecule has 0 aliphatic rings. The van der Waals surface area contributed by atoms with Crippen molar-refractivity contribution < 1.29 is 9.47 Å². The number of hydrogen-bond acceptors (Lipinski definition) is 3. The van der Waals surface area contributed by atoms with Crippen molar-refractivity contribution in [2.24, 2.45) is 0 Å². The van der Waals surface area contributed by atoms with Gasteiger partial charge in [0.2, 0.25) is 0 Å². The predicted molar refractivity (Wildman–Crippen MR) is 87.4 cm³/mol. The van der Waals surface area contributed by atoms with Gasteiger partial charge in [0.1, 0.15) is 11.5 Å². The molecule has 0 atom stereocenters. The van der Waals surface area contributed by atoms with Crippen LogP contribution >= 0.6 is 0 Å². The monoisotopic (exact) mass is 285 g/mol. The highest BCUT2D eigenvalue weighted by molar-refractivity contribution is 5.48. The molecule has 0 bridgehead atoms. The predicted octanol–water partition coefficient (Wildman–Crippen LogP) is 4.14. The van der Waals surface area contributed by atoms with Gasteiger partial charge >= 0.3 is 0 Å². The lowest BCUT2D eigenvalue weighted by Crippen LogP contribution is -2.05. The summed E-state index contributed by atoms with van der Waals surface area (Å²) in [7, 11) is 1.68. The van der Waals surface area contributed by atoms with Crippen LogP contribution in [0.25, 0.3) is 0 Å². The van der Waals surface area contributed by atoms with E-state index in [0.29, 0.717) is 0 Å². The molecule has 0 aromatic heterocycles. The molecule has 2 rings (SSSR count). The molecule has 0 saturated carbocycles. The third-order valence-electron chi connectivity index (χ3n) is 3.21. The SMILES string of the molecule is CCCOc1cccc(NCCc2ccc(OC)cc2)c1. The van der Waals surface area contributed by atoms with Crippen molar-refractivity contribution in [1.82, 2.24) is 0 Å². The molecule has 0 aliphatic heterocycles. The summed E-state index contributed by atoms with van der Waals surface area (Å²) < 4.78 is 10.8. The molecule has 0 heterocycles. The normalized spacial score (nSPS) is 10.2. The van der Waals surface area contributed by atoms with Crippen LogP contribution in [0.5, 0.6) is 11.5 Å². The summed E-state index contributed by atoms with van der Waals surface area (Å²) in [5.41, 5.74) is 2.39. The first-order valence-corrected chi connectivity index (χ1v) is 7.41. The lowest BCUT2D eigenvalue weighted by molar-refractivity contribution is 0.317. The largest absolute Gasteiger partial charge is 0.497 e. The Labute approximate surface area is 126 Å². The van der Waals surface area contributed by atoms with Crippen LogP contribution < -0.4 is 14.8 Å². The highest BCUT2D eigenvalue weighted by Crippen LogP contribution is 2.18. The quantitative estimate of drug-likeness (QED) is 0.790. The van der Waals surface area contributed by atoms with Gasteiger partial charge in [0.15, 0.2) is 0 Å². The van der Waals surface area contributed by atoms with Crippen LogP contribution in [0.3, 0.4) is 0 Å². The summed E-state index contributed by atoms with van der Waals surface area (Å²) in [4.78, 5) is 0. The summed E-state index contributed by atoms with van der Waals surface area (Å²) in [6.45, 7) is 3.76. The van der Waals surface area contributed by atoms with E-state index in [1.54, 1.807) is 7.11 Å². The second-order valence-electron chi connectivity index (χ2n) is 4.90. The Morgan fingerprint density at radius 2 is 1.81 bits per heavy atom. The fourth-order valence-corrected chi connectivity index (χ4v) is 2.06. The molecule has 2 aromatic carbocycles. The maximum atomic E-state index is 5.63. The molecule has 0 fully saturated rings. The van der Waals surface area contributed by atoms with Crippen molar-refractivity contribution in [3.8, 4) is 11.5 Å². The van der Waals surface area contributed by atoms with Crippen LogP contribution in [0, 0.1) is 0 Å². The number of anilines is 1. The smallest absolute Gasteiger partial charge is 0.121 e. The number of benzene rings is 2. The van der Waals surface area contributed by atoms with Gasteiger partial charge in [-0.15, -0.1) is 0 Å². The zero-order valence-electron chi connectivity index (χ0n) is 12.8. The number of methoxy groups -OCH3 is 1. The highest BCUT2D eigenvalue weighted by Gasteiger charge is 1.98. The third kappa shape index (κ3) is 5.03. The molecule has 3 nitrogen and oxygen atoms in total. The lowest BCUT2D eigenvalue weighted by atomic mass is 10.1. The molecule has 0 radical (unpaired) electrons. The molecule has 112 valence electrons. The summed E-state index contributed by atoms with van der Waals surface area (Å²) in [6, 6.07) is 16.3. The Balaban J connectivity index is 1.82. The topological polar surface area (TPSA) is 30.5 Å². The zero-order valence-corrected chi connectivity index (χ0v) is 12.8. The van der Waals surface area contributed by atoms with Gasteiger partial charge in [-0.3, -0.25) is 0 Å². The van der Waals surface area contributed by atoms with E-state index in [1.807, 2.05) is 30.3 Å². The second kappa shape index (κ2) is 8.20. The molecule has 0 unspecified atom stereocenters. The molecule has 0 aliphatic carbocycles. The number of ether oxygens (including phenoxy) is 2. The van der Waals surface area contributed by atoms with E-state index in [2.05, 4.69) is 30.4 Å². The van der Waals surface area contributed by atoms with E-state index in [-0.39, 0.29) is 0 Å². The Morgan fingerprint density at radius 1 is 1.00 bits per heavy atom. The summed E-state index contributed by atoms with van der Waals surface area (Å²) in [5.74, 6) is 1.82. The fourth-order valence-electron chi connectivity index (χ4n) is 2.06. The van der Waals surface area contributed by atoms with E-state index in [4.69, 9.17) is 9.47 Å². The fraction of sp³-hybridized carbons (Fsp3) is 0.333. The van der Waals surface area contributed by atoms with Crippen LogP contribution in [0.2, 0.25) is 0 Å². The van der Waals surface area contributed by atoms with Crippen molar-refractivity contribution in [2.45, 2.75) is 19.8 Å². The van der Waals surface area contributed by atoms with E-state index in [1.165, 1.54) is 5.56 Å². The molecule has 0 amide bonds. The van der Waals surface area contributed by atoms with Crippen LogP contribution in [-0.2, 0) is 6.42 Å². The van der Waals surface area contributed by atoms with Gasteiger partial charge in [-0.05, 0) is 42.7 Å². The highest BCUT2D eigenvalue weighted by atomic mass is 16.5. The van der Waals surface area contributed by atoms with Gasteiger partial charge < -0.3 is 14.8 Å². The minimum absolute atomic E-state index is 0.759. The van der Waals surface area contributed by atoms with Crippen molar-refractivity contribution in [3.05, 3.63) is 54.1 Å². The zero-order chi connectivity index (χ0) is 14.9. The Kier molecular flexibility index (Phi) is 5.95. The van der Waals surface area contributed by atoms with Crippen molar-refractivity contribution in [2.75, 3.05) is 25.6 Å². The number of hydrogen-bond donors (Lipinski definition) is 1. The second-order valence-corrected chi connectivity index (χ2v) is 4.90. The first-order chi connectivity index (χ1) is 10.3. The van der Waals surface area contributed by atoms with E-state index in [9.17, 15) is 0 Å². The molecule has 2 aromatic rings. The van der Waals surface area contributed by atoms with Gasteiger partial charge in [0.25, 0.3) is 0 Å². The molecular weight excluding hydrogens is 262 g/mol. The standard InChI is InChI=1S/C18H23NO2/c1-3-13-21-18-6-4-5-16(14-18)19-12-11-15-7-9-17(20-2)10-8-15/h4-10,14,19H,3,11-13H2,1-2H3. The lowest BCUT2D eigenvalue weighted by Gasteiger charge is -2.09. The minimum Gasteiger partial charge on any atom is -0.497 e. The Morgan fingerprint density at radius 3 is 2.52 bits per heavy atom. The van der Waals surface area contributed by atoms with Gasteiger partial charge in [-0.25, -0.2) is 0 Å². The van der Waals surface area contributed by atoms with Gasteiger partial charge in [-0.1, -0.05) is 25.1 Å². The summed E-state index contributed by atoms with van der Waals surface area (Å²) in [5, 5.41) is 3.43. The average Bonchev–Trinajstić information content (AvgIpc) is 2.54. The van der Waals surface area contributed by atoms with Gasteiger partial charge in [-0.2, -0.15) is 0 Å². The molecule has 0 spiro atoms. The summed E-state index contributed by atoms with van der Waals surface area (Å²) in [6.07, 6.45) is 2.00. The van der Waals surface area contributed by atoms with Crippen LogP contribution in [0.15, 0.2) is 48.5 Å². The summed E-state index contributed by atoms with van der Waals surface area (Å²) >= 11 is 0. The maximum absolute atomic E-state index is 5.63. The Hall–Kier alpha value is -2.16. The van der Waals surface area contributed by atoms with Crippen LogP contribution in [0.4, 0.5) is 5.69 Å². The van der Waals surface area contributed by atoms with Crippen LogP contribution in [-0.4, -0.2) is 20.3 Å². The maximum Gasteiger partial charge on any atom is 0.121 e. The first kappa shape index (κ1) is 15.2. The number of rotatable bonds is 8. The molecule has 1 N–H and O–H groups in total. The number of nitrogens with one attached hydrogen (secondary N) is 1. The van der Waals surface area contributed by atoms with Crippen molar-refractivity contribution in [1.29, 1.82) is 0 Å². The average molecular weight is 285 g/mol. The van der Waals surface area contributed by atoms with Crippen molar-refractivity contribution >= 4 is 5.69 Å². The van der Waals surface area contributed by atoms with E-state index < -0.39 is 0 Å². The van der Waals surface area contributed by atoms with Gasteiger partial charge in [0, 0.05) is 18.3 Å². The van der Waals surface area contributed by atoms with E-state index >= 15 is 0 Å². The molecule has 21 heavy (non-hydrogen) atoms. The minimum atomic E-state index is 0.759. The Bertz CT molecular complexity index is 537. The molecule has 0 saturated heterocycles. The van der Waals surface area contributed by atoms with Crippen molar-refractivity contribution in [3.63, 3.8) is 0 Å². The van der Waals surface area contributed by atoms with E-state index in [0.717, 1.165) is 43.2 Å². The first-order valence-electron chi connectivity index (χ1n) is 7.41.